The first kappa shape index (κ1) is 12.6. The van der Waals surface area contributed by atoms with Crippen molar-refractivity contribution in [3.8, 4) is 0 Å². The van der Waals surface area contributed by atoms with Crippen molar-refractivity contribution >= 4 is 75.5 Å². The molecule has 0 fully saturated rings. The summed E-state index contributed by atoms with van der Waals surface area (Å²) >= 11 is 9.79. The van der Waals surface area contributed by atoms with Gasteiger partial charge in [-0.3, -0.25) is 0 Å². The van der Waals surface area contributed by atoms with E-state index in [4.69, 9.17) is 11.6 Å². The Balaban J connectivity index is 0.000001000. The topological polar surface area (TPSA) is 0 Å². The zero-order chi connectivity index (χ0) is 7.56. The minimum atomic E-state index is 0. The van der Waals surface area contributed by atoms with Crippen molar-refractivity contribution < 1.29 is 0 Å². The second kappa shape index (κ2) is 6.11. The summed E-state index contributed by atoms with van der Waals surface area (Å²) in [4.78, 5) is 1.21. The average molecular weight is 308 g/mol. The van der Waals surface area contributed by atoms with Gasteiger partial charge in [-0.2, -0.15) is 0 Å². The zero-order valence-electron chi connectivity index (χ0n) is 6.40. The molecule has 1 aromatic rings. The Labute approximate surface area is 112 Å². The molecule has 0 heterocycles. The molecule has 4 heteroatoms. The van der Waals surface area contributed by atoms with Gasteiger partial charge in [0.15, 0.2) is 0 Å². The molecule has 0 aliphatic heterocycles. The predicted octanol–water partition coefficient (Wildman–Crippen LogP) is 3.29. The zero-order valence-corrected chi connectivity index (χ0v) is 12.1. The summed E-state index contributed by atoms with van der Waals surface area (Å²) in [7, 11) is 0. The molecule has 0 atom stereocenters. The van der Waals surface area contributed by atoms with Crippen molar-refractivity contribution in [3.05, 3.63) is 26.8 Å². The first-order valence-electron chi connectivity index (χ1n) is 2.73. The van der Waals surface area contributed by atoms with Gasteiger partial charge in [0.2, 0.25) is 0 Å². The van der Waals surface area contributed by atoms with Gasteiger partial charge in [0.05, 0.1) is 5.02 Å². The van der Waals surface area contributed by atoms with Crippen LogP contribution < -0.4 is 0 Å². The average Bonchev–Trinajstić information content (AvgIpc) is 1.95. The Morgan fingerprint density at radius 1 is 1.45 bits per heavy atom. The molecule has 1 rings (SSSR count). The van der Waals surface area contributed by atoms with E-state index >= 15 is 0 Å². The molecule has 0 nitrogen and oxygen atoms in total. The van der Waals surface area contributed by atoms with Gasteiger partial charge in [-0.25, -0.2) is 0 Å². The van der Waals surface area contributed by atoms with Crippen molar-refractivity contribution in [3.63, 3.8) is 0 Å². The molecular formula is C7H6ClINaS. The minimum absolute atomic E-state index is 0. The van der Waals surface area contributed by atoms with Crippen LogP contribution in [0.5, 0.6) is 0 Å². The van der Waals surface area contributed by atoms with Crippen molar-refractivity contribution in [2.75, 3.05) is 6.26 Å². The molecule has 0 unspecified atom stereocenters. The van der Waals surface area contributed by atoms with E-state index in [2.05, 4.69) is 28.7 Å². The van der Waals surface area contributed by atoms with E-state index in [1.807, 2.05) is 18.4 Å². The van der Waals surface area contributed by atoms with E-state index in [1.54, 1.807) is 11.8 Å². The van der Waals surface area contributed by atoms with E-state index < -0.39 is 0 Å². The predicted molar refractivity (Wildman–Crippen MR) is 61.7 cm³/mol. The van der Waals surface area contributed by atoms with Gasteiger partial charge in [0.1, 0.15) is 0 Å². The Morgan fingerprint density at radius 2 is 2.09 bits per heavy atom. The summed E-state index contributed by atoms with van der Waals surface area (Å²) in [5.41, 5.74) is 0. The van der Waals surface area contributed by atoms with Gasteiger partial charge in [-0.15, -0.1) is 11.8 Å². The van der Waals surface area contributed by atoms with Gasteiger partial charge in [-0.1, -0.05) is 11.6 Å². The Morgan fingerprint density at radius 3 is 2.55 bits per heavy atom. The molecular weight excluding hydrogens is 301 g/mol. The molecule has 0 N–H and O–H groups in total. The second-order valence-corrected chi connectivity index (χ2v) is 4.23. The van der Waals surface area contributed by atoms with Crippen LogP contribution >= 0.6 is 46.0 Å². The van der Waals surface area contributed by atoms with Crippen LogP contribution in [0.25, 0.3) is 0 Å². The molecule has 0 aliphatic rings. The summed E-state index contributed by atoms with van der Waals surface area (Å²) in [6.07, 6.45) is 2.04. The summed E-state index contributed by atoms with van der Waals surface area (Å²) in [6, 6.07) is 6.07. The molecule has 0 aliphatic carbocycles. The third-order valence-corrected chi connectivity index (χ3v) is 3.42. The molecule has 0 amide bonds. The number of hydrogen-bond acceptors (Lipinski definition) is 1. The third kappa shape index (κ3) is 3.87. The molecule has 0 aromatic heterocycles. The summed E-state index contributed by atoms with van der Waals surface area (Å²) in [5, 5.41) is 0.840. The number of halogens is 2. The van der Waals surface area contributed by atoms with Crippen LogP contribution in [0.4, 0.5) is 0 Å². The van der Waals surface area contributed by atoms with E-state index in [0.717, 1.165) is 8.59 Å². The fourth-order valence-electron chi connectivity index (χ4n) is 0.604. The standard InChI is InChI=1S/C7H6ClIS.Na/c1-10-5-2-3-7(9)6(8)4-5;/h2-4H,1H3;. The molecule has 0 saturated carbocycles. The fourth-order valence-corrected chi connectivity index (χ4v) is 1.62. The quantitative estimate of drug-likeness (QED) is 0.436. The molecule has 11 heavy (non-hydrogen) atoms. The van der Waals surface area contributed by atoms with E-state index in [1.165, 1.54) is 4.90 Å². The smallest absolute Gasteiger partial charge is 0.0550 e. The maximum absolute atomic E-state index is 5.87. The SMILES string of the molecule is CSc1ccc(I)c(Cl)c1.[Na]. The minimum Gasteiger partial charge on any atom is -0.130 e. The fraction of sp³-hybridized carbons (Fsp3) is 0.143. The Hall–Kier alpha value is 1.59. The van der Waals surface area contributed by atoms with Crippen LogP contribution in [0.15, 0.2) is 23.1 Å². The first-order chi connectivity index (χ1) is 4.74. The van der Waals surface area contributed by atoms with Crippen LogP contribution in [-0.4, -0.2) is 35.8 Å². The second-order valence-electron chi connectivity index (χ2n) is 1.78. The largest absolute Gasteiger partial charge is 0.130 e. The molecule has 0 bridgehead atoms. The summed E-state index contributed by atoms with van der Waals surface area (Å²) in [5.74, 6) is 0. The van der Waals surface area contributed by atoms with Crippen LogP contribution in [0.2, 0.25) is 5.02 Å². The maximum atomic E-state index is 5.87. The van der Waals surface area contributed by atoms with E-state index in [0.29, 0.717) is 0 Å². The van der Waals surface area contributed by atoms with Crippen LogP contribution in [0, 0.1) is 3.57 Å². The van der Waals surface area contributed by atoms with Crippen molar-refractivity contribution in [1.82, 2.24) is 0 Å². The molecule has 0 saturated heterocycles. The van der Waals surface area contributed by atoms with Gasteiger partial charge >= 0.3 is 0 Å². The summed E-state index contributed by atoms with van der Waals surface area (Å²) in [6.45, 7) is 0. The Bertz CT molecular complexity index is 242. The maximum Gasteiger partial charge on any atom is 0.0550 e. The van der Waals surface area contributed by atoms with Gasteiger partial charge in [0.25, 0.3) is 0 Å². The first-order valence-corrected chi connectivity index (χ1v) is 5.41. The number of thioether (sulfide) groups is 1. The van der Waals surface area contributed by atoms with Crippen molar-refractivity contribution in [1.29, 1.82) is 0 Å². The van der Waals surface area contributed by atoms with Gasteiger partial charge < -0.3 is 0 Å². The number of rotatable bonds is 1. The molecule has 0 spiro atoms. The van der Waals surface area contributed by atoms with E-state index in [9.17, 15) is 0 Å². The number of benzene rings is 1. The van der Waals surface area contributed by atoms with Crippen LogP contribution in [-0.2, 0) is 0 Å². The van der Waals surface area contributed by atoms with Gasteiger partial charge in [-0.05, 0) is 47.0 Å². The van der Waals surface area contributed by atoms with E-state index in [-0.39, 0.29) is 29.6 Å². The monoisotopic (exact) mass is 307 g/mol. The van der Waals surface area contributed by atoms with Crippen molar-refractivity contribution in [2.45, 2.75) is 4.90 Å². The van der Waals surface area contributed by atoms with Crippen molar-refractivity contribution in [2.24, 2.45) is 0 Å². The Kier molecular flexibility index (Phi) is 6.99. The molecule has 1 aromatic carbocycles. The normalized spacial score (nSPS) is 9.00. The molecule has 1 radical (unpaired) electrons. The number of hydrogen-bond donors (Lipinski definition) is 0. The van der Waals surface area contributed by atoms with Crippen LogP contribution in [0.3, 0.4) is 0 Å². The van der Waals surface area contributed by atoms with Gasteiger partial charge in [0, 0.05) is 38.0 Å². The summed E-state index contributed by atoms with van der Waals surface area (Å²) < 4.78 is 1.11. The van der Waals surface area contributed by atoms with Crippen LogP contribution in [0.1, 0.15) is 0 Å². The third-order valence-electron chi connectivity index (χ3n) is 1.13. The molecule has 55 valence electrons.